The van der Waals surface area contributed by atoms with Gasteiger partial charge < -0.3 is 15.4 Å². The Morgan fingerprint density at radius 3 is 2.48 bits per heavy atom. The molecule has 0 atom stereocenters. The molecule has 1 heterocycles. The smallest absolute Gasteiger partial charge is 0.272 e. The van der Waals surface area contributed by atoms with Crippen molar-refractivity contribution < 1.29 is 23.1 Å². The van der Waals surface area contributed by atoms with Gasteiger partial charge in [0.25, 0.3) is 12.3 Å². The number of benzene rings is 1. The number of ether oxygens (including phenoxy) is 1. The van der Waals surface area contributed by atoms with E-state index < -0.39 is 13.0 Å². The fraction of sp³-hybridized carbons (Fsp3) is 0.381. The zero-order chi connectivity index (χ0) is 21.6. The second-order valence-corrected chi connectivity index (χ2v) is 7.00. The molecule has 0 saturated heterocycles. The number of nitrogens with one attached hydrogen (secondary N) is 2. The van der Waals surface area contributed by atoms with E-state index in [1.165, 1.54) is 6.07 Å². The normalized spacial score (nSPS) is 10.9. The maximum absolute atomic E-state index is 12.5. The molecule has 0 unspecified atom stereocenters. The average molecular weight is 405 g/mol. The van der Waals surface area contributed by atoms with Crippen LogP contribution in [0.3, 0.4) is 0 Å². The molecule has 0 fully saturated rings. The zero-order valence-electron chi connectivity index (χ0n) is 16.9. The predicted molar refractivity (Wildman–Crippen MR) is 106 cm³/mol. The Bertz CT molecular complexity index is 885. The zero-order valence-corrected chi connectivity index (χ0v) is 16.9. The summed E-state index contributed by atoms with van der Waals surface area (Å²) in [5.74, 6) is -0.0175. The third-order valence-electron chi connectivity index (χ3n) is 4.12. The van der Waals surface area contributed by atoms with Gasteiger partial charge in [0.15, 0.2) is 0 Å². The number of carbonyl (C=O) groups is 2. The minimum absolute atomic E-state index is 0.181. The van der Waals surface area contributed by atoms with Gasteiger partial charge in [0, 0.05) is 23.7 Å². The monoisotopic (exact) mass is 405 g/mol. The molecule has 8 heteroatoms. The molecule has 0 aliphatic carbocycles. The lowest BCUT2D eigenvalue weighted by Gasteiger charge is -2.12. The van der Waals surface area contributed by atoms with Crippen molar-refractivity contribution in [2.24, 2.45) is 5.92 Å². The second-order valence-electron chi connectivity index (χ2n) is 7.00. The van der Waals surface area contributed by atoms with Crippen LogP contribution in [0.1, 0.15) is 41.0 Å². The van der Waals surface area contributed by atoms with E-state index in [4.69, 9.17) is 4.74 Å². The number of nitrogens with zero attached hydrogens (tertiary/aromatic N) is 1. The molecule has 0 bridgehead atoms. The van der Waals surface area contributed by atoms with Crippen LogP contribution < -0.4 is 15.4 Å². The number of aryl methyl sites for hydroxylation is 2. The van der Waals surface area contributed by atoms with Gasteiger partial charge in [0.2, 0.25) is 5.91 Å². The van der Waals surface area contributed by atoms with Crippen molar-refractivity contribution in [1.29, 1.82) is 0 Å². The lowest BCUT2D eigenvalue weighted by Crippen LogP contribution is -2.24. The summed E-state index contributed by atoms with van der Waals surface area (Å²) in [6.07, 6.45) is -2.53. The molecule has 2 amide bonds. The van der Waals surface area contributed by atoms with Crippen molar-refractivity contribution in [3.05, 3.63) is 52.7 Å². The number of amides is 2. The predicted octanol–water partition coefficient (Wildman–Crippen LogP) is 3.87. The number of halogens is 2. The Morgan fingerprint density at radius 1 is 1.14 bits per heavy atom. The molecule has 1 aromatic carbocycles. The quantitative estimate of drug-likeness (QED) is 0.699. The van der Waals surface area contributed by atoms with Gasteiger partial charge in [0.05, 0.1) is 0 Å². The van der Waals surface area contributed by atoms with E-state index in [1.54, 1.807) is 45.0 Å². The molecule has 0 aliphatic heterocycles. The molecule has 6 nitrogen and oxygen atoms in total. The Kier molecular flexibility index (Phi) is 7.64. The molecule has 2 rings (SSSR count). The fourth-order valence-corrected chi connectivity index (χ4v) is 2.53. The first-order valence-corrected chi connectivity index (χ1v) is 9.24. The Morgan fingerprint density at radius 2 is 1.86 bits per heavy atom. The molecule has 156 valence electrons. The maximum Gasteiger partial charge on any atom is 0.272 e. The first kappa shape index (κ1) is 22.3. The van der Waals surface area contributed by atoms with Crippen molar-refractivity contribution in [2.75, 3.05) is 11.9 Å². The number of aromatic nitrogens is 1. The number of carbonyl (C=O) groups excluding carboxylic acids is 2. The van der Waals surface area contributed by atoms with Crippen molar-refractivity contribution in [3.63, 3.8) is 0 Å². The van der Waals surface area contributed by atoms with Gasteiger partial charge in [-0.1, -0.05) is 19.9 Å². The second kappa shape index (κ2) is 9.95. The molecule has 2 aromatic rings. The summed E-state index contributed by atoms with van der Waals surface area (Å²) in [5.41, 5.74) is 2.63. The highest BCUT2D eigenvalue weighted by atomic mass is 19.3. The van der Waals surface area contributed by atoms with Gasteiger partial charge in [-0.15, -0.1) is 0 Å². The van der Waals surface area contributed by atoms with E-state index >= 15 is 0 Å². The largest absolute Gasteiger partial charge is 0.488 e. The molecule has 0 spiro atoms. The lowest BCUT2D eigenvalue weighted by molar-refractivity contribution is -0.118. The molecule has 0 radical (unpaired) electrons. The van der Waals surface area contributed by atoms with Gasteiger partial charge in [-0.2, -0.15) is 0 Å². The van der Waals surface area contributed by atoms with E-state index in [2.05, 4.69) is 15.6 Å². The summed E-state index contributed by atoms with van der Waals surface area (Å²) < 4.78 is 29.5. The van der Waals surface area contributed by atoms with Crippen LogP contribution >= 0.6 is 0 Å². The average Bonchev–Trinajstić information content (AvgIpc) is 2.64. The molecule has 1 aromatic heterocycles. The summed E-state index contributed by atoms with van der Waals surface area (Å²) >= 11 is 0. The summed E-state index contributed by atoms with van der Waals surface area (Å²) in [7, 11) is 0. The van der Waals surface area contributed by atoms with Crippen LogP contribution in [0.2, 0.25) is 0 Å². The highest BCUT2D eigenvalue weighted by Crippen LogP contribution is 2.18. The summed E-state index contributed by atoms with van der Waals surface area (Å²) in [4.78, 5) is 28.6. The standard InChI is InChI=1S/C21H25F2N3O3/c1-12(2)20(27)26-19-9-16(8-14(4)25-19)21(28)24-10-15-5-6-17(7-13(15)3)29-11-18(22)23/h5-9,12,18H,10-11H2,1-4H3,(H,24,28)(H,25,26,27). The fourth-order valence-electron chi connectivity index (χ4n) is 2.53. The topological polar surface area (TPSA) is 80.3 Å². The molecule has 0 aliphatic rings. The number of pyridine rings is 1. The number of hydrogen-bond donors (Lipinski definition) is 2. The molecular weight excluding hydrogens is 380 g/mol. The summed E-state index contributed by atoms with van der Waals surface area (Å²) in [6.45, 7) is 6.69. The number of rotatable bonds is 8. The van der Waals surface area contributed by atoms with Crippen molar-refractivity contribution in [1.82, 2.24) is 10.3 Å². The van der Waals surface area contributed by atoms with Crippen LogP contribution in [-0.2, 0) is 11.3 Å². The van der Waals surface area contributed by atoms with Gasteiger partial charge >= 0.3 is 0 Å². The third kappa shape index (κ3) is 6.81. The van der Waals surface area contributed by atoms with Crippen molar-refractivity contribution in [2.45, 2.75) is 40.7 Å². The van der Waals surface area contributed by atoms with E-state index in [0.717, 1.165) is 11.1 Å². The number of alkyl halides is 2. The number of anilines is 1. The Hall–Kier alpha value is -3.03. The lowest BCUT2D eigenvalue weighted by atomic mass is 10.1. The van der Waals surface area contributed by atoms with Crippen LogP contribution in [0.15, 0.2) is 30.3 Å². The van der Waals surface area contributed by atoms with Crippen LogP contribution in [0.5, 0.6) is 5.75 Å². The van der Waals surface area contributed by atoms with Crippen LogP contribution in [0.25, 0.3) is 0 Å². The van der Waals surface area contributed by atoms with Gasteiger partial charge in [0.1, 0.15) is 18.2 Å². The van der Waals surface area contributed by atoms with Gasteiger partial charge in [-0.05, 0) is 49.2 Å². The van der Waals surface area contributed by atoms with E-state index in [0.29, 0.717) is 22.8 Å². The van der Waals surface area contributed by atoms with E-state index in [1.807, 2.05) is 6.92 Å². The van der Waals surface area contributed by atoms with Gasteiger partial charge in [-0.3, -0.25) is 9.59 Å². The first-order chi connectivity index (χ1) is 13.7. The van der Waals surface area contributed by atoms with Crippen molar-refractivity contribution in [3.8, 4) is 5.75 Å². The molecule has 2 N–H and O–H groups in total. The summed E-state index contributed by atoms with van der Waals surface area (Å²) in [5, 5.41) is 5.51. The molecule has 29 heavy (non-hydrogen) atoms. The minimum Gasteiger partial charge on any atom is -0.488 e. The highest BCUT2D eigenvalue weighted by Gasteiger charge is 2.13. The number of hydrogen-bond acceptors (Lipinski definition) is 4. The first-order valence-electron chi connectivity index (χ1n) is 9.24. The molecular formula is C21H25F2N3O3. The van der Waals surface area contributed by atoms with Crippen LogP contribution in [0.4, 0.5) is 14.6 Å². The van der Waals surface area contributed by atoms with Crippen molar-refractivity contribution >= 4 is 17.6 Å². The Labute approximate surface area is 168 Å². The highest BCUT2D eigenvalue weighted by molar-refractivity contribution is 5.97. The minimum atomic E-state index is -2.53. The molecule has 0 saturated carbocycles. The van der Waals surface area contributed by atoms with Crippen LogP contribution in [0, 0.1) is 19.8 Å². The summed E-state index contributed by atoms with van der Waals surface area (Å²) in [6, 6.07) is 8.13. The van der Waals surface area contributed by atoms with Crippen LogP contribution in [-0.4, -0.2) is 29.8 Å². The SMILES string of the molecule is Cc1cc(C(=O)NCc2ccc(OCC(F)F)cc2C)cc(NC(=O)C(C)C)n1. The third-order valence-corrected chi connectivity index (χ3v) is 4.12. The van der Waals surface area contributed by atoms with Gasteiger partial charge in [-0.25, -0.2) is 13.8 Å². The Balaban J connectivity index is 2.03. The maximum atomic E-state index is 12.5. The van der Waals surface area contributed by atoms with E-state index in [9.17, 15) is 18.4 Å². The van der Waals surface area contributed by atoms with E-state index in [-0.39, 0.29) is 24.3 Å².